The van der Waals surface area contributed by atoms with Crippen LogP contribution in [0.1, 0.15) is 16.0 Å². The molecule has 0 aliphatic heterocycles. The Morgan fingerprint density at radius 1 is 1.41 bits per heavy atom. The second-order valence-corrected chi connectivity index (χ2v) is 4.75. The van der Waals surface area contributed by atoms with Crippen molar-refractivity contribution in [2.45, 2.75) is 13.5 Å². The number of nitriles is 1. The summed E-state index contributed by atoms with van der Waals surface area (Å²) in [5, 5.41) is 13.5. The highest BCUT2D eigenvalue weighted by molar-refractivity contribution is 7.10. The molecule has 0 spiro atoms. The summed E-state index contributed by atoms with van der Waals surface area (Å²) in [5.74, 6) is -0.257. The molecule has 1 aromatic carbocycles. The van der Waals surface area contributed by atoms with E-state index in [9.17, 15) is 4.39 Å². The zero-order valence-corrected chi connectivity index (χ0v) is 10.1. The molecular weight excluding hydrogens is 235 g/mol. The Labute approximate surface area is 103 Å². The van der Waals surface area contributed by atoms with Crippen molar-refractivity contribution in [3.05, 3.63) is 51.5 Å². The lowest BCUT2D eigenvalue weighted by Crippen LogP contribution is -2.00. The van der Waals surface area contributed by atoms with Gasteiger partial charge in [0.1, 0.15) is 11.9 Å². The molecule has 2 aromatic rings. The summed E-state index contributed by atoms with van der Waals surface area (Å²) in [6.07, 6.45) is 0. The summed E-state index contributed by atoms with van der Waals surface area (Å²) >= 11 is 1.50. The number of hydrogen-bond donors (Lipinski definition) is 1. The third kappa shape index (κ3) is 2.83. The van der Waals surface area contributed by atoms with E-state index in [0.717, 1.165) is 10.4 Å². The van der Waals surface area contributed by atoms with Gasteiger partial charge in [0.05, 0.1) is 11.3 Å². The van der Waals surface area contributed by atoms with Crippen LogP contribution >= 0.6 is 11.3 Å². The lowest BCUT2D eigenvalue weighted by atomic mass is 10.2. The van der Waals surface area contributed by atoms with E-state index in [1.807, 2.05) is 13.0 Å². The number of nitrogens with zero attached hydrogens (tertiary/aromatic N) is 1. The fourth-order valence-corrected chi connectivity index (χ4v) is 2.24. The number of nitrogens with one attached hydrogen (secondary N) is 1. The Balaban J connectivity index is 2.07. The summed E-state index contributed by atoms with van der Waals surface area (Å²) in [4.78, 5) is 1.02. The van der Waals surface area contributed by atoms with Crippen LogP contribution in [0.15, 0.2) is 29.6 Å². The molecule has 0 atom stereocenters. The molecule has 17 heavy (non-hydrogen) atoms. The quantitative estimate of drug-likeness (QED) is 0.896. The Hall–Kier alpha value is -1.86. The number of aryl methyl sites for hydroxylation is 1. The summed E-state index contributed by atoms with van der Waals surface area (Å²) in [6.45, 7) is 2.45. The minimum absolute atomic E-state index is 0.257. The van der Waals surface area contributed by atoms with Crippen LogP contribution in [0.25, 0.3) is 0 Å². The van der Waals surface area contributed by atoms with Crippen LogP contribution in [0.3, 0.4) is 0 Å². The SMILES string of the molecule is Cc1ccc(F)c(NCc2cc(C#N)cs2)c1. The fourth-order valence-electron chi connectivity index (χ4n) is 1.49. The van der Waals surface area contributed by atoms with Crippen LogP contribution in [0.5, 0.6) is 0 Å². The standard InChI is InChI=1S/C13H11FN2S/c1-9-2-3-12(14)13(4-9)16-7-11-5-10(6-15)8-17-11/h2-5,8,16H,7H2,1H3. The van der Waals surface area contributed by atoms with Crippen molar-refractivity contribution >= 4 is 17.0 Å². The fraction of sp³-hybridized carbons (Fsp3) is 0.154. The molecule has 0 aliphatic carbocycles. The number of anilines is 1. The summed E-state index contributed by atoms with van der Waals surface area (Å²) in [5.41, 5.74) is 2.16. The Bertz CT molecular complexity index is 569. The predicted octanol–water partition coefficient (Wildman–Crippen LogP) is 3.68. The number of rotatable bonds is 3. The van der Waals surface area contributed by atoms with E-state index in [1.54, 1.807) is 17.5 Å². The predicted molar refractivity (Wildman–Crippen MR) is 67.5 cm³/mol. The molecule has 2 rings (SSSR count). The molecule has 0 aliphatic rings. The maximum Gasteiger partial charge on any atom is 0.146 e. The zero-order valence-electron chi connectivity index (χ0n) is 9.33. The van der Waals surface area contributed by atoms with Crippen LogP contribution in [0, 0.1) is 24.1 Å². The zero-order chi connectivity index (χ0) is 12.3. The van der Waals surface area contributed by atoms with Crippen LogP contribution < -0.4 is 5.32 Å². The van der Waals surface area contributed by atoms with Crippen LogP contribution in [-0.2, 0) is 6.54 Å². The molecule has 2 nitrogen and oxygen atoms in total. The van der Waals surface area contributed by atoms with E-state index in [4.69, 9.17) is 5.26 Å². The molecule has 1 heterocycles. The topological polar surface area (TPSA) is 35.8 Å². The van der Waals surface area contributed by atoms with Crippen molar-refractivity contribution in [1.82, 2.24) is 0 Å². The first-order valence-electron chi connectivity index (χ1n) is 5.16. The third-order valence-corrected chi connectivity index (χ3v) is 3.29. The van der Waals surface area contributed by atoms with Gasteiger partial charge in [0.15, 0.2) is 0 Å². The lowest BCUT2D eigenvalue weighted by Gasteiger charge is -2.06. The molecule has 0 radical (unpaired) electrons. The van der Waals surface area contributed by atoms with E-state index in [2.05, 4.69) is 11.4 Å². The minimum atomic E-state index is -0.257. The molecule has 0 bridgehead atoms. The molecule has 4 heteroatoms. The van der Waals surface area contributed by atoms with E-state index in [0.29, 0.717) is 17.8 Å². The molecule has 86 valence electrons. The maximum absolute atomic E-state index is 13.4. The van der Waals surface area contributed by atoms with Gasteiger partial charge in [0, 0.05) is 16.8 Å². The molecule has 1 aromatic heterocycles. The highest BCUT2D eigenvalue weighted by Crippen LogP contribution is 2.19. The van der Waals surface area contributed by atoms with Gasteiger partial charge in [-0.2, -0.15) is 5.26 Å². The van der Waals surface area contributed by atoms with Crippen molar-refractivity contribution in [3.8, 4) is 6.07 Å². The molecular formula is C13H11FN2S. The average Bonchev–Trinajstić information content (AvgIpc) is 2.78. The maximum atomic E-state index is 13.4. The van der Waals surface area contributed by atoms with E-state index in [-0.39, 0.29) is 5.82 Å². The van der Waals surface area contributed by atoms with Gasteiger partial charge in [-0.1, -0.05) is 6.07 Å². The lowest BCUT2D eigenvalue weighted by molar-refractivity contribution is 0.630. The Morgan fingerprint density at radius 3 is 2.94 bits per heavy atom. The second-order valence-electron chi connectivity index (χ2n) is 3.75. The average molecular weight is 246 g/mol. The van der Waals surface area contributed by atoms with Gasteiger partial charge in [0.2, 0.25) is 0 Å². The Kier molecular flexibility index (Phi) is 3.40. The summed E-state index contributed by atoms with van der Waals surface area (Å²) in [6, 6.07) is 8.84. The molecule has 1 N–H and O–H groups in total. The van der Waals surface area contributed by atoms with Crippen molar-refractivity contribution in [2.24, 2.45) is 0 Å². The van der Waals surface area contributed by atoms with E-state index in [1.165, 1.54) is 17.4 Å². The van der Waals surface area contributed by atoms with Gasteiger partial charge in [0.25, 0.3) is 0 Å². The normalized spacial score (nSPS) is 9.94. The van der Waals surface area contributed by atoms with Gasteiger partial charge in [-0.05, 0) is 30.7 Å². The second kappa shape index (κ2) is 4.98. The number of hydrogen-bond acceptors (Lipinski definition) is 3. The van der Waals surface area contributed by atoms with Gasteiger partial charge >= 0.3 is 0 Å². The van der Waals surface area contributed by atoms with E-state index >= 15 is 0 Å². The Morgan fingerprint density at radius 2 is 2.24 bits per heavy atom. The first kappa shape index (κ1) is 11.6. The summed E-state index contributed by atoms with van der Waals surface area (Å²) < 4.78 is 13.4. The first-order valence-corrected chi connectivity index (χ1v) is 6.04. The van der Waals surface area contributed by atoms with Crippen molar-refractivity contribution in [2.75, 3.05) is 5.32 Å². The van der Waals surface area contributed by atoms with Crippen LogP contribution in [0.4, 0.5) is 10.1 Å². The van der Waals surface area contributed by atoms with E-state index < -0.39 is 0 Å². The van der Waals surface area contributed by atoms with Gasteiger partial charge < -0.3 is 5.32 Å². The van der Waals surface area contributed by atoms with Crippen molar-refractivity contribution in [1.29, 1.82) is 5.26 Å². The smallest absolute Gasteiger partial charge is 0.146 e. The molecule has 0 amide bonds. The first-order chi connectivity index (χ1) is 8.19. The van der Waals surface area contributed by atoms with Gasteiger partial charge in [-0.25, -0.2) is 4.39 Å². The van der Waals surface area contributed by atoms with Crippen LogP contribution in [0.2, 0.25) is 0 Å². The highest BCUT2D eigenvalue weighted by Gasteiger charge is 2.03. The summed E-state index contributed by atoms with van der Waals surface area (Å²) in [7, 11) is 0. The number of thiophene rings is 1. The van der Waals surface area contributed by atoms with Crippen molar-refractivity contribution < 1.29 is 4.39 Å². The van der Waals surface area contributed by atoms with Crippen molar-refractivity contribution in [3.63, 3.8) is 0 Å². The molecule has 0 saturated carbocycles. The van der Waals surface area contributed by atoms with Crippen LogP contribution in [-0.4, -0.2) is 0 Å². The molecule has 0 fully saturated rings. The van der Waals surface area contributed by atoms with Gasteiger partial charge in [-0.15, -0.1) is 11.3 Å². The minimum Gasteiger partial charge on any atom is -0.378 e. The molecule has 0 saturated heterocycles. The number of halogens is 1. The number of benzene rings is 1. The monoisotopic (exact) mass is 246 g/mol. The molecule has 0 unspecified atom stereocenters. The highest BCUT2D eigenvalue weighted by atomic mass is 32.1. The largest absolute Gasteiger partial charge is 0.378 e. The third-order valence-electron chi connectivity index (χ3n) is 2.36. The van der Waals surface area contributed by atoms with Gasteiger partial charge in [-0.3, -0.25) is 0 Å².